The molecule has 2 aromatic rings. The number of pyridine rings is 1. The van der Waals surface area contributed by atoms with Gasteiger partial charge >= 0.3 is 12.1 Å². The Morgan fingerprint density at radius 1 is 1.08 bits per heavy atom. The number of amidine groups is 1. The molecular formula is C35H36Cl2F4N6O3S. The topological polar surface area (TPSA) is 89.4 Å². The second-order valence-corrected chi connectivity index (χ2v) is 16.2. The summed E-state index contributed by atoms with van der Waals surface area (Å²) >= 11 is 13.4. The van der Waals surface area contributed by atoms with Gasteiger partial charge in [-0.1, -0.05) is 49.2 Å². The molecule has 1 spiro atoms. The van der Waals surface area contributed by atoms with E-state index in [0.29, 0.717) is 58.7 Å². The zero-order valence-electron chi connectivity index (χ0n) is 28.3. The first-order valence-electron chi connectivity index (χ1n) is 16.8. The van der Waals surface area contributed by atoms with Crippen molar-refractivity contribution in [2.75, 3.05) is 19.6 Å². The normalized spacial score (nSPS) is 27.1. The molecule has 2 saturated heterocycles. The number of hydrogen-bond acceptors (Lipinski definition) is 7. The van der Waals surface area contributed by atoms with E-state index in [1.807, 2.05) is 31.7 Å². The van der Waals surface area contributed by atoms with Crippen LogP contribution in [0, 0.1) is 11.7 Å². The number of amides is 3. The van der Waals surface area contributed by atoms with Gasteiger partial charge in [0, 0.05) is 43.1 Å². The second kappa shape index (κ2) is 12.6. The average molecular weight is 768 g/mol. The van der Waals surface area contributed by atoms with Crippen molar-refractivity contribution >= 4 is 57.9 Å². The van der Waals surface area contributed by atoms with Crippen molar-refractivity contribution in [1.82, 2.24) is 24.6 Å². The average Bonchev–Trinajstić information content (AvgIpc) is 3.37. The highest BCUT2D eigenvalue weighted by atomic mass is 35.5. The molecule has 4 aliphatic heterocycles. The minimum Gasteiger partial charge on any atom is -0.334 e. The molecule has 4 atom stereocenters. The molecule has 1 aliphatic carbocycles. The fraction of sp³-hybridized carbons (Fsp3) is 0.514. The van der Waals surface area contributed by atoms with E-state index in [1.54, 1.807) is 35.1 Å². The number of likely N-dealkylation sites (tertiary alicyclic amines) is 1. The molecule has 272 valence electrons. The number of thioether (sulfide) groups is 1. The first kappa shape index (κ1) is 36.0. The number of benzene rings is 1. The predicted molar refractivity (Wildman–Crippen MR) is 185 cm³/mol. The molecule has 5 aliphatic rings. The summed E-state index contributed by atoms with van der Waals surface area (Å²) in [6, 6.07) is 6.01. The molecule has 0 bridgehead atoms. The van der Waals surface area contributed by atoms with Crippen LogP contribution in [0.1, 0.15) is 70.5 Å². The van der Waals surface area contributed by atoms with Crippen LogP contribution in [0.2, 0.25) is 10.2 Å². The summed E-state index contributed by atoms with van der Waals surface area (Å²) in [6.07, 6.45) is -1.64. The van der Waals surface area contributed by atoms with Gasteiger partial charge in [-0.05, 0) is 81.0 Å². The van der Waals surface area contributed by atoms with Gasteiger partial charge in [-0.3, -0.25) is 14.4 Å². The van der Waals surface area contributed by atoms with Crippen LogP contribution in [-0.2, 0) is 19.9 Å². The number of aliphatic imine (C=N–C) groups is 1. The lowest BCUT2D eigenvalue weighted by Crippen LogP contribution is -2.65. The van der Waals surface area contributed by atoms with Gasteiger partial charge in [-0.15, -0.1) is 0 Å². The van der Waals surface area contributed by atoms with Crippen LogP contribution in [0.4, 0.5) is 17.6 Å². The Labute approximate surface area is 307 Å². The minimum atomic E-state index is -5.00. The van der Waals surface area contributed by atoms with Gasteiger partial charge in [0.05, 0.1) is 16.6 Å². The summed E-state index contributed by atoms with van der Waals surface area (Å²) in [7, 11) is 0. The maximum absolute atomic E-state index is 15.0. The summed E-state index contributed by atoms with van der Waals surface area (Å²) in [5, 5.41) is 0.816. The number of halogens is 6. The number of alkyl halides is 3. The monoisotopic (exact) mass is 766 g/mol. The molecule has 1 aromatic heterocycles. The fourth-order valence-corrected chi connectivity index (χ4v) is 9.60. The highest BCUT2D eigenvalue weighted by Crippen LogP contribution is 2.56. The van der Waals surface area contributed by atoms with Crippen LogP contribution in [0.3, 0.4) is 0 Å². The van der Waals surface area contributed by atoms with Gasteiger partial charge in [0.15, 0.2) is 5.17 Å². The molecule has 1 saturated carbocycles. The standard InChI is InChI=1S/C35H36Cl2F4N6O3S/c1-18(2)26-27(51-32-43-33(4,21-8-10-25(37)42-15-21)28(47(26)32)20-7-9-22(36)23(38)14-20)30(49)44-13-5-6-24(44)29(48)45-17-34(11-12-34)46(16-19(45)3)31(50)35(39,40)41/h7-10,14-15,18-19,24,28H,5-6,11-13,16-17H2,1-4H3/t19-,24-,28+,33-/m0/s1. The smallest absolute Gasteiger partial charge is 0.334 e. The van der Waals surface area contributed by atoms with Crippen LogP contribution in [0.5, 0.6) is 0 Å². The van der Waals surface area contributed by atoms with E-state index in [-0.39, 0.29) is 35.8 Å². The molecule has 0 unspecified atom stereocenters. The van der Waals surface area contributed by atoms with E-state index in [2.05, 4.69) is 4.98 Å². The number of hydrogen-bond donors (Lipinski definition) is 0. The maximum atomic E-state index is 15.0. The van der Waals surface area contributed by atoms with E-state index >= 15 is 4.39 Å². The number of allylic oxidation sites excluding steroid dienone is 1. The van der Waals surface area contributed by atoms with Crippen LogP contribution < -0.4 is 0 Å². The van der Waals surface area contributed by atoms with Gasteiger partial charge < -0.3 is 19.6 Å². The molecule has 51 heavy (non-hydrogen) atoms. The number of fused-ring (bicyclic) bond motifs is 1. The minimum absolute atomic E-state index is 0.00983. The zero-order chi connectivity index (χ0) is 36.8. The predicted octanol–water partition coefficient (Wildman–Crippen LogP) is 6.92. The largest absolute Gasteiger partial charge is 0.471 e. The number of aromatic nitrogens is 1. The van der Waals surface area contributed by atoms with E-state index in [0.717, 1.165) is 10.5 Å². The van der Waals surface area contributed by atoms with Crippen molar-refractivity contribution < 1.29 is 31.9 Å². The SMILES string of the molecule is CC(C)C1=C(C(=O)N2CCC[C@H]2C(=O)N2CC3(CC3)N(C(=O)C(F)(F)F)C[C@@H]2C)SC2=N[C@@](C)(c3ccc(Cl)nc3)[C@@H](c3ccc(Cl)c(F)c3)N21. The highest BCUT2D eigenvalue weighted by Gasteiger charge is 2.61. The first-order valence-corrected chi connectivity index (χ1v) is 18.4. The van der Waals surface area contributed by atoms with Gasteiger partial charge in [-0.25, -0.2) is 14.4 Å². The maximum Gasteiger partial charge on any atom is 0.471 e. The van der Waals surface area contributed by atoms with Crippen molar-refractivity contribution in [2.45, 2.75) is 88.8 Å². The molecule has 0 N–H and O–H groups in total. The Morgan fingerprint density at radius 3 is 2.41 bits per heavy atom. The molecule has 5 heterocycles. The third kappa shape index (κ3) is 5.98. The van der Waals surface area contributed by atoms with Crippen molar-refractivity contribution in [3.05, 3.63) is 74.3 Å². The van der Waals surface area contributed by atoms with Crippen molar-refractivity contribution in [3.8, 4) is 0 Å². The Hall–Kier alpha value is -3.36. The van der Waals surface area contributed by atoms with Gasteiger partial charge in [0.2, 0.25) is 5.91 Å². The number of piperazine rings is 1. The number of carbonyl (C=O) groups is 3. The van der Waals surface area contributed by atoms with E-state index in [9.17, 15) is 27.6 Å². The molecule has 1 aromatic carbocycles. The van der Waals surface area contributed by atoms with Gasteiger partial charge in [0.1, 0.15) is 27.5 Å². The lowest BCUT2D eigenvalue weighted by atomic mass is 9.81. The zero-order valence-corrected chi connectivity index (χ0v) is 30.6. The van der Waals surface area contributed by atoms with E-state index < -0.39 is 47.1 Å². The molecule has 3 fully saturated rings. The van der Waals surface area contributed by atoms with Crippen molar-refractivity contribution in [2.24, 2.45) is 10.9 Å². The lowest BCUT2D eigenvalue weighted by molar-refractivity contribution is -0.193. The Bertz CT molecular complexity index is 1870. The van der Waals surface area contributed by atoms with Gasteiger partial charge in [0.25, 0.3) is 5.91 Å². The Balaban J connectivity index is 1.20. The van der Waals surface area contributed by atoms with Crippen LogP contribution in [0.25, 0.3) is 0 Å². The molecular weight excluding hydrogens is 731 g/mol. The molecule has 0 radical (unpaired) electrons. The fourth-order valence-electron chi connectivity index (χ4n) is 8.01. The first-order chi connectivity index (χ1) is 24.0. The molecule has 16 heteroatoms. The molecule has 9 nitrogen and oxygen atoms in total. The van der Waals surface area contributed by atoms with Crippen LogP contribution in [0.15, 0.2) is 52.1 Å². The quantitative estimate of drug-likeness (QED) is 0.243. The number of carbonyl (C=O) groups excluding carboxylic acids is 3. The van der Waals surface area contributed by atoms with Crippen molar-refractivity contribution in [1.29, 1.82) is 0 Å². The number of rotatable bonds is 5. The summed E-state index contributed by atoms with van der Waals surface area (Å²) in [6.45, 7) is 7.55. The molecule has 7 rings (SSSR count). The summed E-state index contributed by atoms with van der Waals surface area (Å²) < 4.78 is 55.3. The van der Waals surface area contributed by atoms with Crippen LogP contribution in [-0.4, -0.2) is 90.9 Å². The summed E-state index contributed by atoms with van der Waals surface area (Å²) in [5.74, 6) is -3.34. The summed E-state index contributed by atoms with van der Waals surface area (Å²) in [4.78, 5) is 56.9. The third-order valence-electron chi connectivity index (χ3n) is 10.7. The van der Waals surface area contributed by atoms with E-state index in [1.165, 1.54) is 23.9 Å². The number of nitrogens with zero attached hydrogens (tertiary/aromatic N) is 6. The molecule has 3 amide bonds. The Morgan fingerprint density at radius 2 is 1.80 bits per heavy atom. The lowest BCUT2D eigenvalue weighted by Gasteiger charge is -2.47. The van der Waals surface area contributed by atoms with E-state index in [4.69, 9.17) is 28.2 Å². The van der Waals surface area contributed by atoms with Gasteiger partial charge in [-0.2, -0.15) is 13.2 Å². The van der Waals surface area contributed by atoms with Crippen molar-refractivity contribution in [3.63, 3.8) is 0 Å². The third-order valence-corrected chi connectivity index (χ3v) is 12.3. The second-order valence-electron chi connectivity index (χ2n) is 14.4. The Kier molecular flexibility index (Phi) is 8.93. The van der Waals surface area contributed by atoms with Crippen LogP contribution >= 0.6 is 35.0 Å². The highest BCUT2D eigenvalue weighted by molar-refractivity contribution is 8.18. The summed E-state index contributed by atoms with van der Waals surface area (Å²) in [5.41, 5.74) is -0.0119.